The van der Waals surface area contributed by atoms with E-state index in [1.54, 1.807) is 24.3 Å². The Labute approximate surface area is 118 Å². The van der Waals surface area contributed by atoms with E-state index in [4.69, 9.17) is 17.3 Å². The van der Waals surface area contributed by atoms with Gasteiger partial charge in [-0.3, -0.25) is 4.79 Å². The Hall–Kier alpha value is -2.67. The fraction of sp³-hybridized carbons (Fsp3) is 0. The summed E-state index contributed by atoms with van der Waals surface area (Å²) < 4.78 is 0. The molecule has 4 N–H and O–H groups in total. The Morgan fingerprint density at radius 3 is 2.70 bits per heavy atom. The smallest absolute Gasteiger partial charge is 0.248 e. The summed E-state index contributed by atoms with van der Waals surface area (Å²) in [5, 5.41) is 3.18. The number of fused-ring (bicyclic) bond motifs is 1. The van der Waals surface area contributed by atoms with Crippen molar-refractivity contribution in [2.45, 2.75) is 0 Å². The molecule has 1 amide bonds. The maximum atomic E-state index is 11.0. The standard InChI is InChI=1S/C12H9ClN6O/c13-12-18-10-8(15-5-16-10)11(19-12)17-7-3-1-6(2-4-7)9(14)20/h1-5H,(H2,14,20)(H2,15,16,17,18,19). The van der Waals surface area contributed by atoms with E-state index < -0.39 is 5.91 Å². The van der Waals surface area contributed by atoms with Gasteiger partial charge >= 0.3 is 0 Å². The van der Waals surface area contributed by atoms with Crippen LogP contribution in [-0.2, 0) is 0 Å². The number of carbonyl (C=O) groups excluding carboxylic acids is 1. The average Bonchev–Trinajstić information content (AvgIpc) is 2.87. The molecule has 0 aliphatic heterocycles. The van der Waals surface area contributed by atoms with E-state index in [2.05, 4.69) is 25.3 Å². The Morgan fingerprint density at radius 1 is 1.25 bits per heavy atom. The van der Waals surface area contributed by atoms with Crippen LogP contribution < -0.4 is 11.1 Å². The number of aromatic nitrogens is 4. The summed E-state index contributed by atoms with van der Waals surface area (Å²) in [6.07, 6.45) is 1.51. The highest BCUT2D eigenvalue weighted by Gasteiger charge is 2.09. The third-order valence-electron chi connectivity index (χ3n) is 2.68. The van der Waals surface area contributed by atoms with Crippen LogP contribution in [0.3, 0.4) is 0 Å². The number of hydrogen-bond acceptors (Lipinski definition) is 5. The number of carbonyl (C=O) groups is 1. The zero-order valence-electron chi connectivity index (χ0n) is 10.1. The molecule has 100 valence electrons. The number of amides is 1. The minimum absolute atomic E-state index is 0.109. The van der Waals surface area contributed by atoms with Crippen molar-refractivity contribution in [2.24, 2.45) is 5.73 Å². The summed E-state index contributed by atoms with van der Waals surface area (Å²) in [7, 11) is 0. The molecule has 2 heterocycles. The first kappa shape index (κ1) is 12.4. The van der Waals surface area contributed by atoms with Crippen LogP contribution in [-0.4, -0.2) is 25.8 Å². The van der Waals surface area contributed by atoms with Crippen molar-refractivity contribution in [1.82, 2.24) is 19.9 Å². The molecular formula is C12H9ClN6O. The van der Waals surface area contributed by atoms with Crippen molar-refractivity contribution in [3.8, 4) is 0 Å². The summed E-state index contributed by atoms with van der Waals surface area (Å²) in [6.45, 7) is 0. The molecule has 0 spiro atoms. The van der Waals surface area contributed by atoms with Gasteiger partial charge in [-0.05, 0) is 35.9 Å². The van der Waals surface area contributed by atoms with Crippen molar-refractivity contribution in [3.05, 3.63) is 41.4 Å². The molecule has 0 aliphatic rings. The van der Waals surface area contributed by atoms with E-state index in [-0.39, 0.29) is 5.28 Å². The van der Waals surface area contributed by atoms with Gasteiger partial charge in [0.25, 0.3) is 0 Å². The van der Waals surface area contributed by atoms with Gasteiger partial charge in [-0.2, -0.15) is 9.97 Å². The molecule has 0 aliphatic carbocycles. The number of imidazole rings is 1. The van der Waals surface area contributed by atoms with Crippen LogP contribution in [0.2, 0.25) is 5.28 Å². The molecule has 3 aromatic rings. The Balaban J connectivity index is 1.96. The zero-order valence-corrected chi connectivity index (χ0v) is 10.8. The van der Waals surface area contributed by atoms with Crippen molar-refractivity contribution in [2.75, 3.05) is 5.32 Å². The molecule has 20 heavy (non-hydrogen) atoms. The third kappa shape index (κ3) is 2.26. The summed E-state index contributed by atoms with van der Waals surface area (Å²) >= 11 is 5.84. The highest BCUT2D eigenvalue weighted by atomic mass is 35.5. The van der Waals surface area contributed by atoms with Gasteiger partial charge in [0, 0.05) is 11.3 Å². The second-order valence-corrected chi connectivity index (χ2v) is 4.35. The Morgan fingerprint density at radius 2 is 2.00 bits per heavy atom. The maximum absolute atomic E-state index is 11.0. The van der Waals surface area contributed by atoms with Gasteiger partial charge in [-0.1, -0.05) is 0 Å². The first-order chi connectivity index (χ1) is 9.63. The number of nitrogens with zero attached hydrogens (tertiary/aromatic N) is 3. The second kappa shape index (κ2) is 4.78. The first-order valence-corrected chi connectivity index (χ1v) is 6.05. The number of aromatic amines is 1. The topological polar surface area (TPSA) is 110 Å². The van der Waals surface area contributed by atoms with Crippen molar-refractivity contribution in [1.29, 1.82) is 0 Å². The molecule has 0 atom stereocenters. The molecule has 1 aromatic carbocycles. The van der Waals surface area contributed by atoms with E-state index >= 15 is 0 Å². The largest absolute Gasteiger partial charge is 0.366 e. The number of H-pyrrole nitrogens is 1. The normalized spacial score (nSPS) is 10.7. The Bertz CT molecular complexity index is 782. The molecule has 0 saturated carbocycles. The second-order valence-electron chi connectivity index (χ2n) is 4.01. The highest BCUT2D eigenvalue weighted by Crippen LogP contribution is 2.22. The minimum Gasteiger partial charge on any atom is -0.366 e. The number of anilines is 2. The van der Waals surface area contributed by atoms with Gasteiger partial charge < -0.3 is 16.0 Å². The molecular weight excluding hydrogens is 280 g/mol. The van der Waals surface area contributed by atoms with Crippen LogP contribution in [0.1, 0.15) is 10.4 Å². The van der Waals surface area contributed by atoms with Gasteiger partial charge in [0.1, 0.15) is 0 Å². The van der Waals surface area contributed by atoms with Crippen molar-refractivity contribution < 1.29 is 4.79 Å². The van der Waals surface area contributed by atoms with Crippen molar-refractivity contribution >= 4 is 40.2 Å². The average molecular weight is 289 g/mol. The number of hydrogen-bond donors (Lipinski definition) is 3. The lowest BCUT2D eigenvalue weighted by Gasteiger charge is -2.06. The molecule has 7 nitrogen and oxygen atoms in total. The van der Waals surface area contributed by atoms with Crippen LogP contribution in [0.25, 0.3) is 11.2 Å². The predicted octanol–water partition coefficient (Wildman–Crippen LogP) is 1.85. The lowest BCUT2D eigenvalue weighted by Crippen LogP contribution is -2.10. The summed E-state index contributed by atoms with van der Waals surface area (Å²) in [6, 6.07) is 6.67. The number of nitrogens with one attached hydrogen (secondary N) is 2. The van der Waals surface area contributed by atoms with Gasteiger partial charge in [-0.15, -0.1) is 0 Å². The van der Waals surface area contributed by atoms with Crippen LogP contribution in [0.5, 0.6) is 0 Å². The number of halogens is 1. The first-order valence-electron chi connectivity index (χ1n) is 5.67. The molecule has 3 rings (SSSR count). The number of rotatable bonds is 3. The minimum atomic E-state index is -0.476. The van der Waals surface area contributed by atoms with E-state index in [9.17, 15) is 4.79 Å². The zero-order chi connectivity index (χ0) is 14.1. The molecule has 0 saturated heterocycles. The molecule has 0 unspecified atom stereocenters. The van der Waals surface area contributed by atoms with E-state index in [0.29, 0.717) is 22.5 Å². The summed E-state index contributed by atoms with van der Waals surface area (Å²) in [5.41, 5.74) is 7.47. The molecule has 0 fully saturated rings. The predicted molar refractivity (Wildman–Crippen MR) is 74.9 cm³/mol. The molecule has 8 heteroatoms. The van der Waals surface area contributed by atoms with Crippen LogP contribution >= 0.6 is 11.6 Å². The molecule has 2 aromatic heterocycles. The van der Waals surface area contributed by atoms with Gasteiger partial charge in [0.2, 0.25) is 11.2 Å². The Kier molecular flexibility index (Phi) is 2.96. The highest BCUT2D eigenvalue weighted by molar-refractivity contribution is 6.28. The number of benzene rings is 1. The van der Waals surface area contributed by atoms with Crippen molar-refractivity contribution in [3.63, 3.8) is 0 Å². The summed E-state index contributed by atoms with van der Waals surface area (Å²) in [4.78, 5) is 26.1. The van der Waals surface area contributed by atoms with Gasteiger partial charge in [0.15, 0.2) is 17.0 Å². The quantitative estimate of drug-likeness (QED) is 0.637. The monoisotopic (exact) mass is 288 g/mol. The lowest BCUT2D eigenvalue weighted by molar-refractivity contribution is 0.100. The molecule has 0 radical (unpaired) electrons. The van der Waals surface area contributed by atoms with E-state index in [1.807, 2.05) is 0 Å². The maximum Gasteiger partial charge on any atom is 0.248 e. The van der Waals surface area contributed by atoms with Gasteiger partial charge in [0.05, 0.1) is 6.33 Å². The van der Waals surface area contributed by atoms with E-state index in [1.165, 1.54) is 6.33 Å². The lowest BCUT2D eigenvalue weighted by atomic mass is 10.2. The van der Waals surface area contributed by atoms with Crippen LogP contribution in [0.15, 0.2) is 30.6 Å². The fourth-order valence-corrected chi connectivity index (χ4v) is 1.92. The third-order valence-corrected chi connectivity index (χ3v) is 2.85. The number of nitrogens with two attached hydrogens (primary N) is 1. The van der Waals surface area contributed by atoms with Gasteiger partial charge in [-0.25, -0.2) is 4.98 Å². The number of primary amides is 1. The molecule has 0 bridgehead atoms. The van der Waals surface area contributed by atoms with Crippen LogP contribution in [0.4, 0.5) is 11.5 Å². The SMILES string of the molecule is NC(=O)c1ccc(Nc2nc(Cl)nc3[nH]cnc23)cc1. The summed E-state index contributed by atoms with van der Waals surface area (Å²) in [5.74, 6) is 0.00407. The fourth-order valence-electron chi connectivity index (χ4n) is 1.75. The van der Waals surface area contributed by atoms with Crippen LogP contribution in [0, 0.1) is 0 Å². The van der Waals surface area contributed by atoms with E-state index in [0.717, 1.165) is 5.69 Å².